The Bertz CT molecular complexity index is 460. The summed E-state index contributed by atoms with van der Waals surface area (Å²) in [5.74, 6) is 0. The SMILES string of the molecule is N#CCc1nc(Cl)c(C(F)F)cc1C#N. The predicted octanol–water partition coefficient (Wildman–Crippen LogP) is 2.61. The first-order chi connectivity index (χ1) is 7.10. The van der Waals surface area contributed by atoms with Crippen molar-refractivity contribution in [2.75, 3.05) is 0 Å². The first kappa shape index (κ1) is 11.4. The molecule has 0 atom stereocenters. The van der Waals surface area contributed by atoms with Crippen molar-refractivity contribution < 1.29 is 8.78 Å². The molecule has 0 aromatic carbocycles. The van der Waals surface area contributed by atoms with Crippen LogP contribution in [0.25, 0.3) is 0 Å². The van der Waals surface area contributed by atoms with E-state index in [2.05, 4.69) is 4.98 Å². The lowest BCUT2D eigenvalue weighted by atomic mass is 10.1. The number of nitriles is 2. The number of nitrogens with zero attached hydrogens (tertiary/aromatic N) is 3. The van der Waals surface area contributed by atoms with E-state index in [1.807, 2.05) is 0 Å². The molecule has 0 fully saturated rings. The van der Waals surface area contributed by atoms with Gasteiger partial charge in [-0.05, 0) is 6.07 Å². The molecular formula is C9H4ClF2N3. The van der Waals surface area contributed by atoms with E-state index in [1.54, 1.807) is 12.1 Å². The number of pyridine rings is 1. The summed E-state index contributed by atoms with van der Waals surface area (Å²) in [6.07, 6.45) is -2.92. The summed E-state index contributed by atoms with van der Waals surface area (Å²) < 4.78 is 24.7. The van der Waals surface area contributed by atoms with Crippen LogP contribution in [-0.2, 0) is 6.42 Å². The van der Waals surface area contributed by atoms with Crippen LogP contribution in [0.2, 0.25) is 5.15 Å². The van der Waals surface area contributed by atoms with Crippen LogP contribution in [0.4, 0.5) is 8.78 Å². The zero-order valence-electron chi connectivity index (χ0n) is 7.34. The van der Waals surface area contributed by atoms with Gasteiger partial charge >= 0.3 is 0 Å². The maximum atomic E-state index is 12.4. The van der Waals surface area contributed by atoms with Gasteiger partial charge in [-0.2, -0.15) is 10.5 Å². The maximum Gasteiger partial charge on any atom is 0.266 e. The van der Waals surface area contributed by atoms with Gasteiger partial charge in [0.25, 0.3) is 6.43 Å². The Hall–Kier alpha value is -1.72. The Morgan fingerprint density at radius 2 is 2.13 bits per heavy atom. The van der Waals surface area contributed by atoms with Gasteiger partial charge in [0.05, 0.1) is 29.3 Å². The summed E-state index contributed by atoms with van der Waals surface area (Å²) in [5.41, 5.74) is -0.416. The highest BCUT2D eigenvalue weighted by atomic mass is 35.5. The average Bonchev–Trinajstić information content (AvgIpc) is 2.18. The molecule has 1 aromatic heterocycles. The van der Waals surface area contributed by atoms with E-state index in [1.165, 1.54) is 0 Å². The zero-order valence-corrected chi connectivity index (χ0v) is 8.09. The Kier molecular flexibility index (Phi) is 3.54. The van der Waals surface area contributed by atoms with Gasteiger partial charge in [-0.25, -0.2) is 13.8 Å². The Labute approximate surface area is 89.5 Å². The molecule has 0 aliphatic carbocycles. The summed E-state index contributed by atoms with van der Waals surface area (Å²) in [5, 5.41) is 16.7. The third-order valence-corrected chi connectivity index (χ3v) is 1.99. The van der Waals surface area contributed by atoms with Gasteiger partial charge in [0.15, 0.2) is 0 Å². The van der Waals surface area contributed by atoms with E-state index in [0.29, 0.717) is 0 Å². The van der Waals surface area contributed by atoms with Crippen molar-refractivity contribution in [2.45, 2.75) is 12.8 Å². The number of hydrogen-bond acceptors (Lipinski definition) is 3. The number of halogens is 3. The molecule has 1 heterocycles. The third-order valence-electron chi connectivity index (χ3n) is 1.68. The minimum absolute atomic E-state index is 0.0451. The van der Waals surface area contributed by atoms with Crippen molar-refractivity contribution in [3.63, 3.8) is 0 Å². The van der Waals surface area contributed by atoms with E-state index in [4.69, 9.17) is 22.1 Å². The molecular weight excluding hydrogens is 224 g/mol. The second-order valence-corrected chi connectivity index (χ2v) is 2.97. The average molecular weight is 228 g/mol. The molecule has 0 bridgehead atoms. The highest BCUT2D eigenvalue weighted by molar-refractivity contribution is 6.30. The fourth-order valence-electron chi connectivity index (χ4n) is 1.00. The van der Waals surface area contributed by atoms with Gasteiger partial charge < -0.3 is 0 Å². The van der Waals surface area contributed by atoms with Crippen molar-refractivity contribution in [1.82, 2.24) is 4.98 Å². The van der Waals surface area contributed by atoms with E-state index >= 15 is 0 Å². The summed E-state index contributed by atoms with van der Waals surface area (Å²) >= 11 is 5.48. The van der Waals surface area contributed by atoms with Crippen molar-refractivity contribution in [1.29, 1.82) is 10.5 Å². The van der Waals surface area contributed by atoms with Crippen LogP contribution in [0.1, 0.15) is 23.2 Å². The molecule has 3 nitrogen and oxygen atoms in total. The summed E-state index contributed by atoms with van der Waals surface area (Å²) in [6, 6.07) is 4.44. The molecule has 0 saturated heterocycles. The Morgan fingerprint density at radius 1 is 1.47 bits per heavy atom. The molecule has 0 aliphatic heterocycles. The maximum absolute atomic E-state index is 12.4. The van der Waals surface area contributed by atoms with Crippen LogP contribution >= 0.6 is 11.6 Å². The highest BCUT2D eigenvalue weighted by Crippen LogP contribution is 2.27. The summed E-state index contributed by atoms with van der Waals surface area (Å²) in [7, 11) is 0. The molecule has 0 N–H and O–H groups in total. The standard InChI is InChI=1S/C9H4ClF2N3/c10-8-6(9(11)12)3-5(4-14)7(15-8)1-2-13/h3,9H,1H2. The van der Waals surface area contributed by atoms with E-state index in [9.17, 15) is 8.78 Å². The molecule has 0 aliphatic rings. The second kappa shape index (κ2) is 4.68. The molecule has 1 rings (SSSR count). The normalized spacial score (nSPS) is 9.73. The zero-order chi connectivity index (χ0) is 11.4. The fourth-order valence-corrected chi connectivity index (χ4v) is 1.24. The van der Waals surface area contributed by atoms with Crippen molar-refractivity contribution in [3.05, 3.63) is 28.0 Å². The number of aromatic nitrogens is 1. The van der Waals surface area contributed by atoms with Crippen LogP contribution in [0.15, 0.2) is 6.07 Å². The predicted molar refractivity (Wildman–Crippen MR) is 48.2 cm³/mol. The van der Waals surface area contributed by atoms with Gasteiger partial charge in [0.1, 0.15) is 11.2 Å². The third kappa shape index (κ3) is 2.39. The molecule has 0 saturated carbocycles. The van der Waals surface area contributed by atoms with Crippen LogP contribution < -0.4 is 0 Å². The van der Waals surface area contributed by atoms with Gasteiger partial charge in [0, 0.05) is 0 Å². The second-order valence-electron chi connectivity index (χ2n) is 2.61. The van der Waals surface area contributed by atoms with Crippen molar-refractivity contribution >= 4 is 11.6 Å². The van der Waals surface area contributed by atoms with Crippen molar-refractivity contribution in [3.8, 4) is 12.1 Å². The molecule has 1 aromatic rings. The number of hydrogen-bond donors (Lipinski definition) is 0. The largest absolute Gasteiger partial charge is 0.266 e. The highest BCUT2D eigenvalue weighted by Gasteiger charge is 2.16. The van der Waals surface area contributed by atoms with Gasteiger partial charge in [-0.1, -0.05) is 11.6 Å². The van der Waals surface area contributed by atoms with E-state index in [-0.39, 0.29) is 22.8 Å². The molecule has 0 radical (unpaired) electrons. The lowest BCUT2D eigenvalue weighted by molar-refractivity contribution is 0.151. The van der Waals surface area contributed by atoms with Gasteiger partial charge in [-0.3, -0.25) is 0 Å². The fraction of sp³-hybridized carbons (Fsp3) is 0.222. The number of alkyl halides is 2. The number of rotatable bonds is 2. The lowest BCUT2D eigenvalue weighted by Crippen LogP contribution is -1.99. The van der Waals surface area contributed by atoms with Gasteiger partial charge in [0.2, 0.25) is 0 Å². The first-order valence-electron chi connectivity index (χ1n) is 3.84. The smallest absolute Gasteiger partial charge is 0.238 e. The molecule has 76 valence electrons. The van der Waals surface area contributed by atoms with Gasteiger partial charge in [-0.15, -0.1) is 0 Å². The van der Waals surface area contributed by atoms with Crippen LogP contribution in [0, 0.1) is 22.7 Å². The minimum Gasteiger partial charge on any atom is -0.238 e. The topological polar surface area (TPSA) is 60.5 Å². The van der Waals surface area contributed by atoms with Crippen LogP contribution in [0.5, 0.6) is 0 Å². The van der Waals surface area contributed by atoms with Crippen LogP contribution in [0.3, 0.4) is 0 Å². The van der Waals surface area contributed by atoms with E-state index in [0.717, 1.165) is 6.07 Å². The molecule has 15 heavy (non-hydrogen) atoms. The lowest BCUT2D eigenvalue weighted by Gasteiger charge is -2.05. The molecule has 0 unspecified atom stereocenters. The summed E-state index contributed by atoms with van der Waals surface area (Å²) in [6.45, 7) is 0. The monoisotopic (exact) mass is 227 g/mol. The molecule has 0 spiro atoms. The molecule has 6 heteroatoms. The van der Waals surface area contributed by atoms with Crippen molar-refractivity contribution in [2.24, 2.45) is 0 Å². The Balaban J connectivity index is 3.32. The first-order valence-corrected chi connectivity index (χ1v) is 4.22. The summed E-state index contributed by atoms with van der Waals surface area (Å²) in [4.78, 5) is 3.60. The minimum atomic E-state index is -2.78. The van der Waals surface area contributed by atoms with E-state index < -0.39 is 12.0 Å². The molecule has 0 amide bonds. The Morgan fingerprint density at radius 3 is 2.60 bits per heavy atom. The van der Waals surface area contributed by atoms with Crippen LogP contribution in [-0.4, -0.2) is 4.98 Å². The quantitative estimate of drug-likeness (QED) is 0.730.